The molecule has 112 valence electrons. The number of hydrogen-bond acceptors (Lipinski definition) is 5. The summed E-state index contributed by atoms with van der Waals surface area (Å²) >= 11 is 6.48. The van der Waals surface area contributed by atoms with Crippen molar-refractivity contribution in [1.29, 1.82) is 0 Å². The molecule has 22 heavy (non-hydrogen) atoms. The minimum Gasteiger partial charge on any atom is -0.345 e. The molecule has 3 heterocycles. The summed E-state index contributed by atoms with van der Waals surface area (Å²) in [6.07, 6.45) is 1.37. The first-order valence-electron chi connectivity index (χ1n) is 6.45. The minimum atomic E-state index is -0.513. The van der Waals surface area contributed by atoms with Gasteiger partial charge in [0.25, 0.3) is 5.91 Å². The van der Waals surface area contributed by atoms with Crippen molar-refractivity contribution in [2.45, 2.75) is 13.8 Å². The number of aromatic nitrogens is 3. The highest BCUT2D eigenvalue weighted by molar-refractivity contribution is 7.73. The number of H-pyrrole nitrogens is 1. The monoisotopic (exact) mass is 332 g/mol. The van der Waals surface area contributed by atoms with Crippen LogP contribution in [0.15, 0.2) is 28.5 Å². The number of carbonyl (C=O) groups excluding carboxylic acids is 1. The number of carbonyl (C=O) groups is 1. The highest BCUT2D eigenvalue weighted by Gasteiger charge is 2.15. The third-order valence-electron chi connectivity index (χ3n) is 3.20. The van der Waals surface area contributed by atoms with E-state index in [1.54, 1.807) is 12.1 Å². The molecular weight excluding hydrogens is 320 g/mol. The van der Waals surface area contributed by atoms with E-state index < -0.39 is 5.91 Å². The van der Waals surface area contributed by atoms with Crippen LogP contribution in [0.3, 0.4) is 0 Å². The Morgan fingerprint density at radius 1 is 1.41 bits per heavy atom. The molecule has 0 saturated carbocycles. The van der Waals surface area contributed by atoms with Crippen molar-refractivity contribution in [3.8, 4) is 0 Å². The van der Waals surface area contributed by atoms with Gasteiger partial charge in [0, 0.05) is 23.0 Å². The second-order valence-electron chi connectivity index (χ2n) is 4.80. The molecule has 0 aliphatic heterocycles. The first kappa shape index (κ1) is 14.6. The van der Waals surface area contributed by atoms with Crippen LogP contribution in [0.1, 0.15) is 21.7 Å². The lowest BCUT2D eigenvalue weighted by atomic mass is 10.2. The van der Waals surface area contributed by atoms with E-state index in [0.29, 0.717) is 15.0 Å². The van der Waals surface area contributed by atoms with E-state index in [9.17, 15) is 9.59 Å². The number of nitrogens with zero attached hydrogens (tertiary/aromatic N) is 2. The summed E-state index contributed by atoms with van der Waals surface area (Å²) in [4.78, 5) is 31.9. The van der Waals surface area contributed by atoms with Crippen LogP contribution in [0.5, 0.6) is 0 Å². The van der Waals surface area contributed by atoms with Gasteiger partial charge in [-0.2, -0.15) is 0 Å². The van der Waals surface area contributed by atoms with Crippen molar-refractivity contribution in [1.82, 2.24) is 14.6 Å². The summed E-state index contributed by atoms with van der Waals surface area (Å²) in [6, 6.07) is 3.40. The van der Waals surface area contributed by atoms with E-state index in [1.165, 1.54) is 22.2 Å². The fourth-order valence-electron chi connectivity index (χ4n) is 2.05. The highest BCUT2D eigenvalue weighted by atomic mass is 32.1. The number of thiazole rings is 1. The molecule has 1 amide bonds. The molecule has 6 nitrogen and oxygen atoms in total. The Kier molecular flexibility index (Phi) is 3.63. The smallest absolute Gasteiger partial charge is 0.275 e. The van der Waals surface area contributed by atoms with Crippen molar-refractivity contribution in [2.75, 3.05) is 5.43 Å². The maximum atomic E-state index is 12.4. The molecule has 0 aromatic carbocycles. The second kappa shape index (κ2) is 5.47. The molecule has 0 fully saturated rings. The molecule has 8 heteroatoms. The molecule has 3 aromatic heterocycles. The predicted octanol–water partition coefficient (Wildman–Crippen LogP) is 2.52. The van der Waals surface area contributed by atoms with Crippen LogP contribution in [-0.4, -0.2) is 20.6 Å². The van der Waals surface area contributed by atoms with Gasteiger partial charge in [-0.25, -0.2) is 9.66 Å². The lowest BCUT2D eigenvalue weighted by Gasteiger charge is -2.08. The zero-order valence-electron chi connectivity index (χ0n) is 11.8. The largest absolute Gasteiger partial charge is 0.345 e. The third kappa shape index (κ3) is 2.46. The fraction of sp³-hybridized carbons (Fsp3) is 0.143. The molecule has 0 atom stereocenters. The quantitative estimate of drug-likeness (QED) is 0.707. The summed E-state index contributed by atoms with van der Waals surface area (Å²) in [7, 11) is 0. The normalized spacial score (nSPS) is 10.8. The number of aromatic amines is 1. The Hall–Kier alpha value is -2.32. The fourth-order valence-corrected chi connectivity index (χ4v) is 3.06. The zero-order valence-corrected chi connectivity index (χ0v) is 13.5. The van der Waals surface area contributed by atoms with E-state index in [4.69, 9.17) is 12.2 Å². The second-order valence-corrected chi connectivity index (χ2v) is 6.30. The van der Waals surface area contributed by atoms with Crippen LogP contribution in [0, 0.1) is 17.8 Å². The Balaban J connectivity index is 2.05. The van der Waals surface area contributed by atoms with Gasteiger partial charge in [0.15, 0.2) is 3.95 Å². The topological polar surface area (TPSA) is 79.8 Å². The average Bonchev–Trinajstić information content (AvgIpc) is 2.79. The van der Waals surface area contributed by atoms with Crippen LogP contribution in [0.4, 0.5) is 0 Å². The van der Waals surface area contributed by atoms with Crippen molar-refractivity contribution in [3.63, 3.8) is 0 Å². The molecule has 0 saturated heterocycles. The average molecular weight is 332 g/mol. The third-order valence-corrected chi connectivity index (χ3v) is 4.51. The van der Waals surface area contributed by atoms with Gasteiger partial charge in [0.05, 0.1) is 5.39 Å². The van der Waals surface area contributed by atoms with Gasteiger partial charge in [0.1, 0.15) is 11.2 Å². The Morgan fingerprint density at radius 3 is 2.86 bits per heavy atom. The lowest BCUT2D eigenvalue weighted by molar-refractivity contribution is 0.101. The van der Waals surface area contributed by atoms with E-state index >= 15 is 0 Å². The van der Waals surface area contributed by atoms with Gasteiger partial charge in [0.2, 0.25) is 5.43 Å². The van der Waals surface area contributed by atoms with Crippen LogP contribution < -0.4 is 10.9 Å². The molecule has 3 rings (SSSR count). The molecule has 0 unspecified atom stereocenters. The molecule has 2 N–H and O–H groups in total. The van der Waals surface area contributed by atoms with E-state index in [0.717, 1.165) is 11.4 Å². The first-order chi connectivity index (χ1) is 10.5. The van der Waals surface area contributed by atoms with Crippen molar-refractivity contribution < 1.29 is 4.79 Å². The molecule has 0 aliphatic carbocycles. The number of hydrogen-bond donors (Lipinski definition) is 2. The summed E-state index contributed by atoms with van der Waals surface area (Å²) in [6.45, 7) is 3.66. The summed E-state index contributed by atoms with van der Waals surface area (Å²) in [5, 5.41) is 2.21. The van der Waals surface area contributed by atoms with Crippen molar-refractivity contribution in [2.24, 2.45) is 0 Å². The number of pyridine rings is 2. The van der Waals surface area contributed by atoms with E-state index in [-0.39, 0.29) is 11.0 Å². The van der Waals surface area contributed by atoms with Crippen LogP contribution in [0.25, 0.3) is 11.0 Å². The van der Waals surface area contributed by atoms with E-state index in [1.807, 2.05) is 19.2 Å². The number of nitrogens with one attached hydrogen (secondary N) is 2. The highest BCUT2D eigenvalue weighted by Crippen LogP contribution is 2.09. The maximum absolute atomic E-state index is 12.4. The number of fused-ring (bicyclic) bond motifs is 1. The summed E-state index contributed by atoms with van der Waals surface area (Å²) in [5.74, 6) is -0.513. The van der Waals surface area contributed by atoms with Gasteiger partial charge in [-0.05, 0) is 38.2 Å². The van der Waals surface area contributed by atoms with Gasteiger partial charge in [-0.15, -0.1) is 11.3 Å². The first-order valence-corrected chi connectivity index (χ1v) is 7.73. The van der Waals surface area contributed by atoms with Gasteiger partial charge < -0.3 is 4.98 Å². The van der Waals surface area contributed by atoms with Gasteiger partial charge in [-0.3, -0.25) is 15.0 Å². The van der Waals surface area contributed by atoms with Crippen LogP contribution >= 0.6 is 23.6 Å². The Labute approximate surface area is 134 Å². The predicted molar refractivity (Wildman–Crippen MR) is 88.7 cm³/mol. The van der Waals surface area contributed by atoms with Crippen LogP contribution in [0.2, 0.25) is 0 Å². The Bertz CT molecular complexity index is 1000. The van der Waals surface area contributed by atoms with Crippen molar-refractivity contribution in [3.05, 3.63) is 54.8 Å². The Morgan fingerprint density at radius 2 is 2.18 bits per heavy atom. The van der Waals surface area contributed by atoms with E-state index in [2.05, 4.69) is 15.4 Å². The molecule has 0 radical (unpaired) electrons. The molecule has 0 spiro atoms. The number of amides is 1. The molecule has 3 aromatic rings. The number of aryl methyl sites for hydroxylation is 2. The molecular formula is C14H12N4O2S2. The standard InChI is InChI=1S/C14H12N4O2S2/c1-7-3-4-9-11(19)10(5-15-12(9)16-7)13(20)17-18-8(2)6-22-14(18)21/h3-6H,1-2H3,(H,17,20)(H,15,16,19). The summed E-state index contributed by atoms with van der Waals surface area (Å²) in [5.41, 5.74) is 4.35. The minimum absolute atomic E-state index is 0.0191. The zero-order chi connectivity index (χ0) is 15.9. The molecule has 0 aliphatic rings. The van der Waals surface area contributed by atoms with Gasteiger partial charge >= 0.3 is 0 Å². The van der Waals surface area contributed by atoms with Crippen LogP contribution in [-0.2, 0) is 0 Å². The van der Waals surface area contributed by atoms with Gasteiger partial charge in [-0.1, -0.05) is 0 Å². The SMILES string of the molecule is Cc1ccc2c(=O)c(C(=O)Nn3c(C)csc3=S)c[nH]c2n1. The molecule has 0 bridgehead atoms. The number of rotatable bonds is 2. The maximum Gasteiger partial charge on any atom is 0.275 e. The summed E-state index contributed by atoms with van der Waals surface area (Å²) < 4.78 is 2.00. The lowest BCUT2D eigenvalue weighted by Crippen LogP contribution is -2.28. The van der Waals surface area contributed by atoms with Crippen molar-refractivity contribution >= 4 is 40.5 Å².